The summed E-state index contributed by atoms with van der Waals surface area (Å²) in [5.41, 5.74) is 6.92. The van der Waals surface area contributed by atoms with Crippen molar-refractivity contribution in [3.8, 4) is 0 Å². The van der Waals surface area contributed by atoms with Crippen LogP contribution in [0.4, 0.5) is 5.69 Å². The molecule has 1 aliphatic heterocycles. The molecule has 0 amide bonds. The number of hydrogen-bond donors (Lipinski definition) is 1. The number of anilines is 1. The average Bonchev–Trinajstić information content (AvgIpc) is 3.25. The number of hydrogen-bond acceptors (Lipinski definition) is 3. The summed E-state index contributed by atoms with van der Waals surface area (Å²) in [6.07, 6.45) is 1.84. The molecular formula is C24H27BrN4OS. The van der Waals surface area contributed by atoms with E-state index in [2.05, 4.69) is 86.8 Å². The molecular weight excluding hydrogens is 472 g/mol. The molecule has 1 aromatic carbocycles. The summed E-state index contributed by atoms with van der Waals surface area (Å²) in [4.78, 5) is 6.89. The topological polar surface area (TPSA) is 42.3 Å². The first-order valence-corrected chi connectivity index (χ1v) is 11.5. The zero-order valence-corrected chi connectivity index (χ0v) is 20.6. The van der Waals surface area contributed by atoms with Gasteiger partial charge in [-0.2, -0.15) is 0 Å². The van der Waals surface area contributed by atoms with Gasteiger partial charge in [-0.3, -0.25) is 4.98 Å². The summed E-state index contributed by atoms with van der Waals surface area (Å²) in [7, 11) is 1.74. The van der Waals surface area contributed by atoms with E-state index in [1.165, 1.54) is 22.5 Å². The molecule has 7 heteroatoms. The van der Waals surface area contributed by atoms with Crippen molar-refractivity contribution in [2.45, 2.75) is 39.4 Å². The number of thiocarbonyl (C=S) groups is 1. The van der Waals surface area contributed by atoms with Gasteiger partial charge in [-0.15, -0.1) is 0 Å². The molecule has 162 valence electrons. The Morgan fingerprint density at radius 1 is 1.16 bits per heavy atom. The maximum atomic E-state index is 5.85. The number of nitrogens with one attached hydrogen (secondary N) is 1. The van der Waals surface area contributed by atoms with E-state index < -0.39 is 0 Å². The van der Waals surface area contributed by atoms with E-state index in [4.69, 9.17) is 17.0 Å². The number of nitrogens with zero attached hydrogens (tertiary/aromatic N) is 3. The minimum absolute atomic E-state index is 0.00882. The Bertz CT molecular complexity index is 1100. The monoisotopic (exact) mass is 498 g/mol. The van der Waals surface area contributed by atoms with Gasteiger partial charge in [0.15, 0.2) is 5.11 Å². The molecule has 0 bridgehead atoms. The van der Waals surface area contributed by atoms with E-state index in [0.717, 1.165) is 22.4 Å². The quantitative estimate of drug-likeness (QED) is 0.461. The Balaban J connectivity index is 1.85. The van der Waals surface area contributed by atoms with Gasteiger partial charge in [0.25, 0.3) is 0 Å². The molecule has 4 rings (SSSR count). The highest BCUT2D eigenvalue weighted by Crippen LogP contribution is 2.43. The number of benzene rings is 1. The SMILES string of the molecule is COCCn1c(C)cc([C@H]2[C@@H](c3ccccn3)NC(=S)N2c2ccc(Br)c(C)c2)c1C. The predicted molar refractivity (Wildman–Crippen MR) is 133 cm³/mol. The lowest BCUT2D eigenvalue weighted by Gasteiger charge is -2.28. The molecule has 3 aromatic rings. The second-order valence-corrected chi connectivity index (χ2v) is 9.14. The van der Waals surface area contributed by atoms with Gasteiger partial charge in [-0.25, -0.2) is 0 Å². The highest BCUT2D eigenvalue weighted by atomic mass is 79.9. The number of halogens is 1. The van der Waals surface area contributed by atoms with Gasteiger partial charge in [0, 0.05) is 41.4 Å². The number of rotatable bonds is 6. The fourth-order valence-corrected chi connectivity index (χ4v) is 4.97. The van der Waals surface area contributed by atoms with Gasteiger partial charge in [0.2, 0.25) is 0 Å². The first-order valence-electron chi connectivity index (χ1n) is 10.3. The minimum Gasteiger partial charge on any atom is -0.383 e. The van der Waals surface area contributed by atoms with Crippen LogP contribution in [0.2, 0.25) is 0 Å². The van der Waals surface area contributed by atoms with Gasteiger partial charge in [-0.05, 0) is 80.5 Å². The number of methoxy groups -OCH3 is 1. The van der Waals surface area contributed by atoms with Crippen molar-refractivity contribution in [2.75, 3.05) is 18.6 Å². The maximum absolute atomic E-state index is 5.85. The second-order valence-electron chi connectivity index (χ2n) is 7.90. The summed E-state index contributed by atoms with van der Waals surface area (Å²) in [5, 5.41) is 4.26. The van der Waals surface area contributed by atoms with Gasteiger partial charge in [0.05, 0.1) is 24.4 Å². The van der Waals surface area contributed by atoms with Crippen LogP contribution < -0.4 is 10.2 Å². The first kappa shape index (κ1) is 22.0. The Morgan fingerprint density at radius 3 is 2.65 bits per heavy atom. The van der Waals surface area contributed by atoms with Crippen molar-refractivity contribution < 1.29 is 4.74 Å². The van der Waals surface area contributed by atoms with Crippen molar-refractivity contribution in [1.29, 1.82) is 0 Å². The van der Waals surface area contributed by atoms with E-state index in [0.29, 0.717) is 11.7 Å². The predicted octanol–water partition coefficient (Wildman–Crippen LogP) is 5.39. The zero-order valence-electron chi connectivity index (χ0n) is 18.2. The zero-order chi connectivity index (χ0) is 22.1. The van der Waals surface area contributed by atoms with Gasteiger partial charge >= 0.3 is 0 Å². The molecule has 2 atom stereocenters. The number of aromatic nitrogens is 2. The normalized spacial score (nSPS) is 18.5. The molecule has 0 radical (unpaired) electrons. The Morgan fingerprint density at radius 2 is 1.97 bits per heavy atom. The molecule has 1 fully saturated rings. The van der Waals surface area contributed by atoms with Crippen LogP contribution in [0.1, 0.15) is 40.3 Å². The van der Waals surface area contributed by atoms with Crippen LogP contribution >= 0.6 is 28.1 Å². The Hall–Kier alpha value is -2.22. The molecule has 0 spiro atoms. The Kier molecular flexibility index (Phi) is 6.46. The lowest BCUT2D eigenvalue weighted by atomic mass is 9.96. The van der Waals surface area contributed by atoms with Gasteiger partial charge in [0.1, 0.15) is 0 Å². The van der Waals surface area contributed by atoms with Crippen LogP contribution in [0.25, 0.3) is 0 Å². The van der Waals surface area contributed by atoms with Crippen molar-refractivity contribution in [3.05, 3.63) is 81.3 Å². The standard InChI is InChI=1S/C24H27BrN4OS/c1-15-13-18(8-9-20(15)25)29-23(19-14-16(2)28(17(19)3)11-12-30-4)22(27-24(29)31)21-7-5-6-10-26-21/h5-10,13-14,22-23H,11-12H2,1-4H3,(H,27,31)/t22-,23+/m1/s1. The highest BCUT2D eigenvalue weighted by molar-refractivity contribution is 9.10. The van der Waals surface area contributed by atoms with E-state index in [1.54, 1.807) is 7.11 Å². The lowest BCUT2D eigenvalue weighted by molar-refractivity contribution is 0.186. The van der Waals surface area contributed by atoms with E-state index in [9.17, 15) is 0 Å². The average molecular weight is 499 g/mol. The second kappa shape index (κ2) is 9.10. The molecule has 5 nitrogen and oxygen atoms in total. The molecule has 2 aromatic heterocycles. The molecule has 1 N–H and O–H groups in total. The molecule has 1 aliphatic rings. The van der Waals surface area contributed by atoms with Crippen LogP contribution in [0, 0.1) is 20.8 Å². The smallest absolute Gasteiger partial charge is 0.174 e. The third-order valence-electron chi connectivity index (χ3n) is 5.97. The van der Waals surface area contributed by atoms with E-state index >= 15 is 0 Å². The third-order valence-corrected chi connectivity index (χ3v) is 7.17. The molecule has 3 heterocycles. The lowest BCUT2D eigenvalue weighted by Crippen LogP contribution is -2.29. The minimum atomic E-state index is -0.0472. The van der Waals surface area contributed by atoms with Crippen LogP contribution in [-0.4, -0.2) is 28.4 Å². The Labute approximate surface area is 197 Å². The fourth-order valence-electron chi connectivity index (χ4n) is 4.38. The van der Waals surface area contributed by atoms with Crippen LogP contribution in [0.3, 0.4) is 0 Å². The largest absolute Gasteiger partial charge is 0.383 e. The molecule has 0 saturated carbocycles. The highest BCUT2D eigenvalue weighted by Gasteiger charge is 2.42. The molecule has 0 unspecified atom stereocenters. The summed E-state index contributed by atoms with van der Waals surface area (Å²) in [6.45, 7) is 7.93. The number of aryl methyl sites for hydroxylation is 2. The summed E-state index contributed by atoms with van der Waals surface area (Å²) < 4.78 is 8.74. The maximum Gasteiger partial charge on any atom is 0.174 e. The number of pyridine rings is 1. The van der Waals surface area contributed by atoms with Crippen molar-refractivity contribution in [3.63, 3.8) is 0 Å². The van der Waals surface area contributed by atoms with Crippen LogP contribution in [0.5, 0.6) is 0 Å². The van der Waals surface area contributed by atoms with Crippen molar-refractivity contribution in [2.24, 2.45) is 0 Å². The van der Waals surface area contributed by atoms with Crippen LogP contribution in [-0.2, 0) is 11.3 Å². The fraction of sp³-hybridized carbons (Fsp3) is 0.333. The summed E-state index contributed by atoms with van der Waals surface area (Å²) in [5.74, 6) is 0. The van der Waals surface area contributed by atoms with Crippen molar-refractivity contribution >= 4 is 38.9 Å². The molecule has 1 saturated heterocycles. The molecule has 31 heavy (non-hydrogen) atoms. The van der Waals surface area contributed by atoms with E-state index in [1.807, 2.05) is 18.3 Å². The third kappa shape index (κ3) is 4.14. The summed E-state index contributed by atoms with van der Waals surface area (Å²) >= 11 is 9.47. The number of ether oxygens (including phenoxy) is 1. The molecule has 0 aliphatic carbocycles. The first-order chi connectivity index (χ1) is 14.9. The summed E-state index contributed by atoms with van der Waals surface area (Å²) in [6, 6.07) is 14.6. The van der Waals surface area contributed by atoms with Gasteiger partial charge < -0.3 is 19.5 Å². The van der Waals surface area contributed by atoms with E-state index in [-0.39, 0.29) is 12.1 Å². The van der Waals surface area contributed by atoms with Crippen molar-refractivity contribution in [1.82, 2.24) is 14.9 Å². The van der Waals surface area contributed by atoms with Crippen LogP contribution in [0.15, 0.2) is 53.1 Å². The van der Waals surface area contributed by atoms with Gasteiger partial charge in [-0.1, -0.05) is 22.0 Å².